The topological polar surface area (TPSA) is 112 Å². The summed E-state index contributed by atoms with van der Waals surface area (Å²) >= 11 is 7.39. The minimum atomic E-state index is -0.775. The molecule has 0 radical (unpaired) electrons. The van der Waals surface area contributed by atoms with Crippen molar-refractivity contribution in [3.63, 3.8) is 0 Å². The lowest BCUT2D eigenvalue weighted by Crippen LogP contribution is -2.40. The number of carbonyl (C=O) groups is 2. The van der Waals surface area contributed by atoms with E-state index in [9.17, 15) is 14.4 Å². The third-order valence-electron chi connectivity index (χ3n) is 7.26. The van der Waals surface area contributed by atoms with Crippen molar-refractivity contribution in [1.82, 2.24) is 4.57 Å². The number of benzene rings is 3. The predicted molar refractivity (Wildman–Crippen MR) is 172 cm³/mol. The molecule has 45 heavy (non-hydrogen) atoms. The maximum atomic E-state index is 14.1. The molecule has 5 aromatic rings. The lowest BCUT2D eigenvalue weighted by Gasteiger charge is -2.25. The van der Waals surface area contributed by atoms with Gasteiger partial charge in [0.2, 0.25) is 0 Å². The number of fused-ring (bicyclic) bond motifs is 1. The van der Waals surface area contributed by atoms with Gasteiger partial charge in [0, 0.05) is 22.3 Å². The zero-order valence-corrected chi connectivity index (χ0v) is 25.9. The van der Waals surface area contributed by atoms with Crippen LogP contribution in [0.1, 0.15) is 34.6 Å². The molecule has 2 aromatic heterocycles. The Bertz CT molecular complexity index is 2160. The molecule has 226 valence electrons. The number of esters is 1. The molecular weight excluding hydrogens is 614 g/mol. The molecule has 0 saturated carbocycles. The first-order chi connectivity index (χ1) is 21.8. The van der Waals surface area contributed by atoms with Crippen molar-refractivity contribution < 1.29 is 23.5 Å². The van der Waals surface area contributed by atoms with Crippen molar-refractivity contribution in [3.8, 4) is 17.1 Å². The molecule has 6 rings (SSSR count). The lowest BCUT2D eigenvalue weighted by atomic mass is 9.95. The summed E-state index contributed by atoms with van der Waals surface area (Å²) in [5.41, 5.74) is 2.53. The summed E-state index contributed by atoms with van der Waals surface area (Å²) in [6.45, 7) is 1.76. The van der Waals surface area contributed by atoms with E-state index in [1.54, 1.807) is 74.7 Å². The number of thiazole rings is 1. The number of halogens is 1. The van der Waals surface area contributed by atoms with E-state index in [1.165, 1.54) is 23.0 Å². The van der Waals surface area contributed by atoms with Crippen molar-refractivity contribution in [2.45, 2.75) is 13.0 Å². The van der Waals surface area contributed by atoms with E-state index in [-0.39, 0.29) is 17.0 Å². The number of para-hydroxylation sites is 1. The second kappa shape index (κ2) is 12.4. The summed E-state index contributed by atoms with van der Waals surface area (Å²) in [7, 11) is 2.86. The van der Waals surface area contributed by atoms with Crippen LogP contribution in [0.3, 0.4) is 0 Å². The van der Waals surface area contributed by atoms with Gasteiger partial charge in [0.25, 0.3) is 11.5 Å². The van der Waals surface area contributed by atoms with Crippen LogP contribution in [0, 0.1) is 0 Å². The van der Waals surface area contributed by atoms with Gasteiger partial charge in [-0.15, -0.1) is 0 Å². The first-order valence-electron chi connectivity index (χ1n) is 13.8. The Balaban J connectivity index is 1.46. The number of hydrogen-bond acceptors (Lipinski definition) is 8. The van der Waals surface area contributed by atoms with E-state index in [2.05, 4.69) is 10.3 Å². The van der Waals surface area contributed by atoms with Gasteiger partial charge in [0.1, 0.15) is 17.3 Å². The number of nitrogens with one attached hydrogen (secondary N) is 1. The highest BCUT2D eigenvalue weighted by atomic mass is 35.5. The molecule has 0 fully saturated rings. The standard InChI is InChI=1S/C34H26ClN3O6S/c1-19-29(31(39)37-22-9-5-4-6-10-22)30(20-8-7-11-23(16-20)42-2)38-32(40)28(45-34(38)36-19)18-24-13-15-27(44-24)26-17-21(35)12-14-25(26)33(41)43-3/h4-18,30H,1-3H3,(H,37,39)/b28-18+/t30-/m0/s1. The molecule has 0 spiro atoms. The third-order valence-corrected chi connectivity index (χ3v) is 8.48. The summed E-state index contributed by atoms with van der Waals surface area (Å²) in [6.07, 6.45) is 1.61. The van der Waals surface area contributed by atoms with E-state index >= 15 is 0 Å². The number of hydrogen-bond donors (Lipinski definition) is 1. The number of allylic oxidation sites excluding steroid dienone is 1. The number of nitrogens with zero attached hydrogens (tertiary/aromatic N) is 2. The minimum Gasteiger partial charge on any atom is -0.497 e. The molecule has 0 bridgehead atoms. The second-order valence-electron chi connectivity index (χ2n) is 10.1. The van der Waals surface area contributed by atoms with Crippen molar-refractivity contribution in [2.75, 3.05) is 19.5 Å². The fraction of sp³-hybridized carbons (Fsp3) is 0.118. The van der Waals surface area contributed by atoms with Crippen LogP contribution in [0.5, 0.6) is 5.75 Å². The van der Waals surface area contributed by atoms with Crippen molar-refractivity contribution in [2.24, 2.45) is 4.99 Å². The minimum absolute atomic E-state index is 0.289. The highest BCUT2D eigenvalue weighted by molar-refractivity contribution is 7.07. The van der Waals surface area contributed by atoms with Gasteiger partial charge in [-0.05, 0) is 67.1 Å². The van der Waals surface area contributed by atoms with Crippen LogP contribution in [0.15, 0.2) is 110 Å². The zero-order chi connectivity index (χ0) is 31.7. The van der Waals surface area contributed by atoms with Crippen LogP contribution in [-0.2, 0) is 9.53 Å². The van der Waals surface area contributed by atoms with Crippen molar-refractivity contribution in [1.29, 1.82) is 0 Å². The molecular formula is C34H26ClN3O6S. The van der Waals surface area contributed by atoms with Crippen LogP contribution in [0.4, 0.5) is 5.69 Å². The van der Waals surface area contributed by atoms with E-state index < -0.39 is 12.0 Å². The highest BCUT2D eigenvalue weighted by Crippen LogP contribution is 2.33. The van der Waals surface area contributed by atoms with Gasteiger partial charge >= 0.3 is 5.97 Å². The normalized spacial score (nSPS) is 14.5. The molecule has 1 aliphatic heterocycles. The number of methoxy groups -OCH3 is 2. The smallest absolute Gasteiger partial charge is 0.338 e. The van der Waals surface area contributed by atoms with E-state index in [1.807, 2.05) is 30.3 Å². The molecule has 11 heteroatoms. The average molecular weight is 640 g/mol. The second-order valence-corrected chi connectivity index (χ2v) is 11.5. The first-order valence-corrected chi connectivity index (χ1v) is 15.0. The first kappa shape index (κ1) is 29.9. The van der Waals surface area contributed by atoms with E-state index in [0.29, 0.717) is 59.7 Å². The number of furan rings is 1. The summed E-state index contributed by atoms with van der Waals surface area (Å²) in [6, 6.07) is 23.7. The van der Waals surface area contributed by atoms with Gasteiger partial charge in [-0.1, -0.05) is 53.3 Å². The number of rotatable bonds is 7. The van der Waals surface area contributed by atoms with Crippen LogP contribution < -0.4 is 24.9 Å². The Morgan fingerprint density at radius 1 is 1.02 bits per heavy atom. The quantitative estimate of drug-likeness (QED) is 0.233. The Morgan fingerprint density at radius 2 is 1.82 bits per heavy atom. The third kappa shape index (κ3) is 5.85. The molecule has 9 nitrogen and oxygen atoms in total. The molecule has 0 aliphatic carbocycles. The van der Waals surface area contributed by atoms with Crippen molar-refractivity contribution in [3.05, 3.63) is 138 Å². The summed E-state index contributed by atoms with van der Waals surface area (Å²) in [4.78, 5) is 45.3. The number of ether oxygens (including phenoxy) is 2. The molecule has 0 saturated heterocycles. The molecule has 1 N–H and O–H groups in total. The molecule has 1 atom stereocenters. The van der Waals surface area contributed by atoms with Crippen LogP contribution >= 0.6 is 22.9 Å². The number of carbonyl (C=O) groups excluding carboxylic acids is 2. The fourth-order valence-electron chi connectivity index (χ4n) is 5.17. The summed E-state index contributed by atoms with van der Waals surface area (Å²) in [5.74, 6) is 0.433. The molecule has 1 amide bonds. The number of anilines is 1. The monoisotopic (exact) mass is 639 g/mol. The molecule has 1 aliphatic rings. The van der Waals surface area contributed by atoms with Crippen molar-refractivity contribution >= 4 is 46.6 Å². The van der Waals surface area contributed by atoms with E-state index in [0.717, 1.165) is 0 Å². The molecule has 0 unspecified atom stereocenters. The Hall–Kier alpha value is -5.19. The maximum absolute atomic E-state index is 14.1. The van der Waals surface area contributed by atoms with Crippen LogP contribution in [-0.4, -0.2) is 30.7 Å². The van der Waals surface area contributed by atoms with Crippen LogP contribution in [0.25, 0.3) is 17.4 Å². The largest absolute Gasteiger partial charge is 0.497 e. The number of amides is 1. The Morgan fingerprint density at radius 3 is 2.58 bits per heavy atom. The van der Waals surface area contributed by atoms with Gasteiger partial charge in [0.05, 0.1) is 41.6 Å². The molecule has 3 aromatic carbocycles. The average Bonchev–Trinajstić information content (AvgIpc) is 3.64. The Labute approximate surface area is 266 Å². The zero-order valence-electron chi connectivity index (χ0n) is 24.4. The summed E-state index contributed by atoms with van der Waals surface area (Å²) < 4.78 is 18.3. The van der Waals surface area contributed by atoms with Gasteiger partial charge in [-0.3, -0.25) is 14.2 Å². The lowest BCUT2D eigenvalue weighted by molar-refractivity contribution is -0.113. The van der Waals surface area contributed by atoms with Crippen LogP contribution in [0.2, 0.25) is 5.02 Å². The molecule has 3 heterocycles. The van der Waals surface area contributed by atoms with Gasteiger partial charge in [0.15, 0.2) is 4.80 Å². The maximum Gasteiger partial charge on any atom is 0.338 e. The SMILES string of the molecule is COC(=O)c1ccc(Cl)cc1-c1ccc(/C=c2/sc3n(c2=O)[C@@H](c2cccc(OC)c2)C(C(=O)Nc2ccccc2)=C(C)N=3)o1. The van der Waals surface area contributed by atoms with Gasteiger partial charge in [-0.2, -0.15) is 0 Å². The van der Waals surface area contributed by atoms with Gasteiger partial charge < -0.3 is 19.2 Å². The fourth-order valence-corrected chi connectivity index (χ4v) is 6.37. The predicted octanol–water partition coefficient (Wildman–Crippen LogP) is 5.58. The summed E-state index contributed by atoms with van der Waals surface area (Å²) in [5, 5.41) is 3.36. The van der Waals surface area contributed by atoms with Gasteiger partial charge in [-0.25, -0.2) is 9.79 Å². The highest BCUT2D eigenvalue weighted by Gasteiger charge is 2.33. The number of aromatic nitrogens is 1. The van der Waals surface area contributed by atoms with E-state index in [4.69, 9.17) is 25.5 Å². The Kier molecular flexibility index (Phi) is 8.25.